The summed E-state index contributed by atoms with van der Waals surface area (Å²) in [7, 11) is 0. The highest BCUT2D eigenvalue weighted by Crippen LogP contribution is 2.22. The molecule has 2 fully saturated rings. The highest BCUT2D eigenvalue weighted by molar-refractivity contribution is 6.30. The molecular formula is C16H20ClN3O4. The van der Waals surface area contributed by atoms with Gasteiger partial charge in [0.05, 0.1) is 25.9 Å². The van der Waals surface area contributed by atoms with Gasteiger partial charge in [-0.15, -0.1) is 0 Å². The summed E-state index contributed by atoms with van der Waals surface area (Å²) >= 11 is 5.99. The van der Waals surface area contributed by atoms with E-state index in [9.17, 15) is 9.59 Å². The first-order valence-electron chi connectivity index (χ1n) is 7.91. The van der Waals surface area contributed by atoms with E-state index >= 15 is 0 Å². The Morgan fingerprint density at radius 1 is 1.33 bits per heavy atom. The smallest absolute Gasteiger partial charge is 0.317 e. The van der Waals surface area contributed by atoms with E-state index in [1.54, 1.807) is 28.0 Å². The first-order chi connectivity index (χ1) is 11.6. The Labute approximate surface area is 145 Å². The van der Waals surface area contributed by atoms with Gasteiger partial charge in [-0.1, -0.05) is 17.7 Å². The molecule has 1 atom stereocenters. The van der Waals surface area contributed by atoms with Crippen molar-refractivity contribution in [3.8, 4) is 0 Å². The second-order valence-electron chi connectivity index (χ2n) is 5.70. The van der Waals surface area contributed by atoms with Crippen molar-refractivity contribution in [2.75, 3.05) is 50.9 Å². The van der Waals surface area contributed by atoms with Gasteiger partial charge in [-0.3, -0.25) is 4.79 Å². The van der Waals surface area contributed by atoms with Gasteiger partial charge in [0.25, 0.3) is 5.91 Å². The van der Waals surface area contributed by atoms with E-state index in [0.29, 0.717) is 44.4 Å². The highest BCUT2D eigenvalue weighted by atomic mass is 35.5. The number of morpholine rings is 2. The first kappa shape index (κ1) is 17.0. The highest BCUT2D eigenvalue weighted by Gasteiger charge is 2.28. The molecule has 0 aliphatic carbocycles. The Morgan fingerprint density at radius 2 is 2.12 bits per heavy atom. The zero-order valence-corrected chi connectivity index (χ0v) is 14.0. The van der Waals surface area contributed by atoms with Crippen LogP contribution in [-0.2, 0) is 14.3 Å². The first-order valence-corrected chi connectivity index (χ1v) is 8.29. The van der Waals surface area contributed by atoms with Crippen LogP contribution in [0.5, 0.6) is 0 Å². The maximum atomic E-state index is 12.1. The number of urea groups is 1. The van der Waals surface area contributed by atoms with Crippen molar-refractivity contribution in [2.45, 2.75) is 6.10 Å². The number of nitrogens with one attached hydrogen (secondary N) is 1. The average Bonchev–Trinajstić information content (AvgIpc) is 2.61. The number of carbonyl (C=O) groups excluding carboxylic acids is 2. The SMILES string of the molecule is O=C(NCC1CN(c2cccc(Cl)c2)C(=O)CO1)N1CCOCC1. The van der Waals surface area contributed by atoms with Crippen molar-refractivity contribution < 1.29 is 19.1 Å². The molecule has 7 nitrogen and oxygen atoms in total. The number of rotatable bonds is 3. The number of hydrogen-bond acceptors (Lipinski definition) is 4. The number of amides is 3. The Kier molecular flexibility index (Phi) is 5.55. The molecule has 0 spiro atoms. The van der Waals surface area contributed by atoms with E-state index in [4.69, 9.17) is 21.1 Å². The third-order valence-electron chi connectivity index (χ3n) is 4.03. The largest absolute Gasteiger partial charge is 0.378 e. The van der Waals surface area contributed by atoms with Gasteiger partial charge in [0.15, 0.2) is 0 Å². The van der Waals surface area contributed by atoms with Crippen LogP contribution in [0.1, 0.15) is 0 Å². The molecule has 24 heavy (non-hydrogen) atoms. The summed E-state index contributed by atoms with van der Waals surface area (Å²) in [5, 5.41) is 3.44. The predicted octanol–water partition coefficient (Wildman–Crippen LogP) is 1.11. The van der Waals surface area contributed by atoms with Crippen molar-refractivity contribution in [3.05, 3.63) is 29.3 Å². The fourth-order valence-corrected chi connectivity index (χ4v) is 2.91. The Morgan fingerprint density at radius 3 is 2.88 bits per heavy atom. The van der Waals surface area contributed by atoms with E-state index in [1.807, 2.05) is 6.07 Å². The molecule has 1 aromatic rings. The predicted molar refractivity (Wildman–Crippen MR) is 89.3 cm³/mol. The van der Waals surface area contributed by atoms with Crippen molar-refractivity contribution in [1.82, 2.24) is 10.2 Å². The van der Waals surface area contributed by atoms with Crippen LogP contribution in [0.15, 0.2) is 24.3 Å². The molecule has 8 heteroatoms. The van der Waals surface area contributed by atoms with Gasteiger partial charge in [0.1, 0.15) is 6.61 Å². The molecule has 2 aliphatic heterocycles. The van der Waals surface area contributed by atoms with Gasteiger partial charge in [-0.25, -0.2) is 4.79 Å². The van der Waals surface area contributed by atoms with E-state index in [-0.39, 0.29) is 24.6 Å². The monoisotopic (exact) mass is 353 g/mol. The van der Waals surface area contributed by atoms with Crippen molar-refractivity contribution in [1.29, 1.82) is 0 Å². The summed E-state index contributed by atoms with van der Waals surface area (Å²) in [5.41, 5.74) is 0.736. The van der Waals surface area contributed by atoms with Gasteiger partial charge in [0, 0.05) is 30.3 Å². The Balaban J connectivity index is 1.55. The van der Waals surface area contributed by atoms with Crippen LogP contribution in [-0.4, -0.2) is 68.9 Å². The standard InChI is InChI=1S/C16H20ClN3O4/c17-12-2-1-3-13(8-12)20-10-14(24-11-15(20)21)9-18-16(22)19-4-6-23-7-5-19/h1-3,8,14H,4-7,9-11H2,(H,18,22). The van der Waals surface area contributed by atoms with Gasteiger partial charge in [-0.2, -0.15) is 0 Å². The molecule has 1 N–H and O–H groups in total. The van der Waals surface area contributed by atoms with Gasteiger partial charge in [-0.05, 0) is 18.2 Å². The number of anilines is 1. The van der Waals surface area contributed by atoms with Crippen LogP contribution in [0.2, 0.25) is 5.02 Å². The van der Waals surface area contributed by atoms with Crippen LogP contribution in [0.4, 0.5) is 10.5 Å². The van der Waals surface area contributed by atoms with Gasteiger partial charge in [0.2, 0.25) is 0 Å². The molecule has 0 saturated carbocycles. The molecule has 0 radical (unpaired) electrons. The second kappa shape index (κ2) is 7.83. The fourth-order valence-electron chi connectivity index (χ4n) is 2.72. The molecule has 3 rings (SSSR count). The number of halogens is 1. The summed E-state index contributed by atoms with van der Waals surface area (Å²) in [6.45, 7) is 3.01. The van der Waals surface area contributed by atoms with E-state index in [2.05, 4.69) is 5.32 Å². The quantitative estimate of drug-likeness (QED) is 0.883. The van der Waals surface area contributed by atoms with Crippen molar-refractivity contribution >= 4 is 29.2 Å². The van der Waals surface area contributed by atoms with Crippen LogP contribution < -0.4 is 10.2 Å². The number of nitrogens with zero attached hydrogens (tertiary/aromatic N) is 2. The van der Waals surface area contributed by atoms with Crippen molar-refractivity contribution in [3.63, 3.8) is 0 Å². The van der Waals surface area contributed by atoms with Crippen LogP contribution >= 0.6 is 11.6 Å². The number of benzene rings is 1. The summed E-state index contributed by atoms with van der Waals surface area (Å²) in [5.74, 6) is -0.118. The topological polar surface area (TPSA) is 71.1 Å². The second-order valence-corrected chi connectivity index (χ2v) is 6.14. The molecule has 2 aliphatic rings. The van der Waals surface area contributed by atoms with E-state index in [1.165, 1.54) is 0 Å². The van der Waals surface area contributed by atoms with Crippen LogP contribution in [0, 0.1) is 0 Å². The van der Waals surface area contributed by atoms with Gasteiger partial charge >= 0.3 is 6.03 Å². The number of hydrogen-bond donors (Lipinski definition) is 1. The summed E-state index contributed by atoms with van der Waals surface area (Å²) in [6.07, 6.45) is -0.258. The molecule has 1 aromatic carbocycles. The van der Waals surface area contributed by atoms with Crippen LogP contribution in [0.25, 0.3) is 0 Å². The lowest BCUT2D eigenvalue weighted by Gasteiger charge is -2.33. The molecule has 0 bridgehead atoms. The molecule has 130 valence electrons. The molecule has 0 aromatic heterocycles. The Hall–Kier alpha value is -1.83. The Bertz CT molecular complexity index is 607. The minimum atomic E-state index is -0.258. The lowest BCUT2D eigenvalue weighted by molar-refractivity contribution is -0.129. The maximum absolute atomic E-state index is 12.1. The minimum absolute atomic E-state index is 0.00932. The lowest BCUT2D eigenvalue weighted by Crippen LogP contribution is -2.53. The molecule has 2 saturated heterocycles. The van der Waals surface area contributed by atoms with Crippen LogP contribution in [0.3, 0.4) is 0 Å². The third-order valence-corrected chi connectivity index (χ3v) is 4.26. The maximum Gasteiger partial charge on any atom is 0.317 e. The summed E-state index contributed by atoms with van der Waals surface area (Å²) in [4.78, 5) is 27.5. The zero-order valence-electron chi connectivity index (χ0n) is 13.2. The van der Waals surface area contributed by atoms with Gasteiger partial charge < -0.3 is 24.6 Å². The molecular weight excluding hydrogens is 334 g/mol. The summed E-state index contributed by atoms with van der Waals surface area (Å²) < 4.78 is 10.8. The summed E-state index contributed by atoms with van der Waals surface area (Å²) in [6, 6.07) is 7.01. The van der Waals surface area contributed by atoms with E-state index in [0.717, 1.165) is 5.69 Å². The lowest BCUT2D eigenvalue weighted by atomic mass is 10.2. The number of ether oxygens (including phenoxy) is 2. The molecule has 1 unspecified atom stereocenters. The molecule has 3 amide bonds. The zero-order chi connectivity index (χ0) is 16.9. The fraction of sp³-hybridized carbons (Fsp3) is 0.500. The average molecular weight is 354 g/mol. The van der Waals surface area contributed by atoms with E-state index < -0.39 is 0 Å². The normalized spacial score (nSPS) is 21.7. The minimum Gasteiger partial charge on any atom is -0.378 e. The third kappa shape index (κ3) is 4.17. The van der Waals surface area contributed by atoms with Crippen molar-refractivity contribution in [2.24, 2.45) is 0 Å². The molecule has 2 heterocycles. The number of carbonyl (C=O) groups is 2.